The van der Waals surface area contributed by atoms with Crippen molar-refractivity contribution in [2.45, 2.75) is 26.2 Å². The lowest BCUT2D eigenvalue weighted by molar-refractivity contribution is 0.0549. The molecule has 0 saturated carbocycles. The number of benzene rings is 2. The maximum absolute atomic E-state index is 12.0. The summed E-state index contributed by atoms with van der Waals surface area (Å²) in [4.78, 5) is 14.0. The van der Waals surface area contributed by atoms with Gasteiger partial charge >= 0.3 is 5.97 Å². The molecule has 0 unspecified atom stereocenters. The number of allylic oxidation sites excluding steroid dienone is 1. The molecule has 0 aliphatic heterocycles. The van der Waals surface area contributed by atoms with Crippen molar-refractivity contribution in [2.24, 2.45) is 0 Å². The van der Waals surface area contributed by atoms with Crippen molar-refractivity contribution in [3.63, 3.8) is 0 Å². The predicted molar refractivity (Wildman–Crippen MR) is 104 cm³/mol. The molecule has 0 saturated heterocycles. The molecular weight excluding hydrogens is 310 g/mol. The van der Waals surface area contributed by atoms with Crippen molar-refractivity contribution in [2.75, 3.05) is 25.6 Å². The summed E-state index contributed by atoms with van der Waals surface area (Å²) < 4.78 is 5.33. The first kappa shape index (κ1) is 18.8. The Morgan fingerprint density at radius 2 is 1.72 bits per heavy atom. The van der Waals surface area contributed by atoms with Gasteiger partial charge < -0.3 is 9.64 Å². The third kappa shape index (κ3) is 6.46. The molecule has 0 N–H and O–H groups in total. The molecule has 3 nitrogen and oxygen atoms in total. The van der Waals surface area contributed by atoms with Gasteiger partial charge in [-0.25, -0.2) is 4.79 Å². The van der Waals surface area contributed by atoms with E-state index >= 15 is 0 Å². The normalized spacial score (nSPS) is 11.2. The van der Waals surface area contributed by atoms with Crippen LogP contribution < -0.4 is 4.90 Å². The van der Waals surface area contributed by atoms with E-state index in [0.717, 1.165) is 24.9 Å². The van der Waals surface area contributed by atoms with Gasteiger partial charge in [0.15, 0.2) is 0 Å². The van der Waals surface area contributed by atoms with Crippen LogP contribution in [0.1, 0.15) is 35.7 Å². The third-order valence-corrected chi connectivity index (χ3v) is 4.15. The lowest BCUT2D eigenvalue weighted by Crippen LogP contribution is -2.09. The van der Waals surface area contributed by atoms with Crippen molar-refractivity contribution in [3.8, 4) is 0 Å². The second-order valence-corrected chi connectivity index (χ2v) is 6.43. The smallest absolute Gasteiger partial charge is 0.338 e. The average Bonchev–Trinajstić information content (AvgIpc) is 2.62. The number of carbonyl (C=O) groups is 1. The Bertz CT molecular complexity index is 688. The second kappa shape index (κ2) is 9.67. The Morgan fingerprint density at radius 3 is 2.36 bits per heavy atom. The van der Waals surface area contributed by atoms with E-state index in [1.165, 1.54) is 11.1 Å². The van der Waals surface area contributed by atoms with Crippen LogP contribution in [0.5, 0.6) is 0 Å². The molecule has 0 heterocycles. The molecule has 0 bridgehead atoms. The predicted octanol–water partition coefficient (Wildman–Crippen LogP) is 4.88. The van der Waals surface area contributed by atoms with Crippen LogP contribution in [0.2, 0.25) is 0 Å². The number of anilines is 1. The second-order valence-electron chi connectivity index (χ2n) is 6.43. The van der Waals surface area contributed by atoms with Gasteiger partial charge in [0.25, 0.3) is 0 Å². The van der Waals surface area contributed by atoms with Gasteiger partial charge in [-0.1, -0.05) is 35.9 Å². The van der Waals surface area contributed by atoms with Crippen LogP contribution in [-0.4, -0.2) is 26.7 Å². The number of aryl methyl sites for hydroxylation is 1. The zero-order chi connectivity index (χ0) is 18.1. The first-order valence-electron chi connectivity index (χ1n) is 8.70. The molecule has 25 heavy (non-hydrogen) atoms. The Balaban J connectivity index is 1.72. The summed E-state index contributed by atoms with van der Waals surface area (Å²) in [7, 11) is 3.94. The van der Waals surface area contributed by atoms with Gasteiger partial charge in [-0.05, 0) is 62.1 Å². The molecule has 132 valence electrons. The highest BCUT2D eigenvalue weighted by molar-refractivity contribution is 5.89. The summed E-state index contributed by atoms with van der Waals surface area (Å²) in [5.74, 6) is -0.279. The minimum atomic E-state index is -0.279. The Labute approximate surface area is 150 Å². The molecule has 0 aliphatic carbocycles. The zero-order valence-corrected chi connectivity index (χ0v) is 15.4. The first-order chi connectivity index (χ1) is 12.1. The summed E-state index contributed by atoms with van der Waals surface area (Å²) in [5, 5.41) is 0. The highest BCUT2D eigenvalue weighted by Crippen LogP contribution is 2.13. The molecular formula is C22H27NO2. The first-order valence-corrected chi connectivity index (χ1v) is 8.70. The van der Waals surface area contributed by atoms with Crippen molar-refractivity contribution in [3.05, 3.63) is 77.4 Å². The monoisotopic (exact) mass is 337 g/mol. The van der Waals surface area contributed by atoms with Crippen molar-refractivity contribution in [1.29, 1.82) is 0 Å². The van der Waals surface area contributed by atoms with Crippen LogP contribution in [0.25, 0.3) is 0 Å². The lowest BCUT2D eigenvalue weighted by Gasteiger charge is -2.12. The summed E-state index contributed by atoms with van der Waals surface area (Å²) >= 11 is 0. The molecule has 0 radical (unpaired) electrons. The minimum absolute atomic E-state index is 0.279. The molecule has 0 atom stereocenters. The van der Waals surface area contributed by atoms with E-state index in [-0.39, 0.29) is 5.97 Å². The van der Waals surface area contributed by atoms with Crippen LogP contribution in [0, 0.1) is 0 Å². The van der Waals surface area contributed by atoms with Gasteiger partial charge in [0, 0.05) is 19.8 Å². The van der Waals surface area contributed by atoms with Crippen molar-refractivity contribution in [1.82, 2.24) is 0 Å². The maximum Gasteiger partial charge on any atom is 0.338 e. The van der Waals surface area contributed by atoms with Gasteiger partial charge in [-0.3, -0.25) is 0 Å². The molecule has 2 aromatic carbocycles. The average molecular weight is 337 g/mol. The van der Waals surface area contributed by atoms with E-state index in [1.807, 2.05) is 43.3 Å². The molecule has 0 spiro atoms. The van der Waals surface area contributed by atoms with E-state index in [0.29, 0.717) is 12.2 Å². The fourth-order valence-electron chi connectivity index (χ4n) is 2.56. The highest BCUT2D eigenvalue weighted by Gasteiger charge is 2.06. The molecule has 0 aromatic heterocycles. The molecule has 2 rings (SSSR count). The number of carbonyl (C=O) groups excluding carboxylic acids is 1. The van der Waals surface area contributed by atoms with Crippen molar-refractivity contribution < 1.29 is 9.53 Å². The van der Waals surface area contributed by atoms with Gasteiger partial charge in [-0.15, -0.1) is 0 Å². The fourth-order valence-corrected chi connectivity index (χ4v) is 2.56. The minimum Gasteiger partial charge on any atom is -0.458 e. The number of rotatable bonds is 8. The van der Waals surface area contributed by atoms with E-state index in [2.05, 4.69) is 31.2 Å². The number of nitrogens with zero attached hydrogens (tertiary/aromatic N) is 1. The van der Waals surface area contributed by atoms with E-state index in [9.17, 15) is 4.79 Å². The van der Waals surface area contributed by atoms with Crippen LogP contribution in [0.3, 0.4) is 0 Å². The SMILES string of the molecule is C/C(=C\COC(=O)c1ccc(N(C)C)cc1)CCCc1ccccc1. The van der Waals surface area contributed by atoms with Crippen LogP contribution in [0.15, 0.2) is 66.2 Å². The molecule has 0 fully saturated rings. The number of hydrogen-bond donors (Lipinski definition) is 0. The Kier molecular flexibility index (Phi) is 7.27. The standard InChI is InChI=1S/C22H27NO2/c1-18(8-7-11-19-9-5-4-6-10-19)16-17-25-22(24)20-12-14-21(15-13-20)23(2)3/h4-6,9-10,12-16H,7-8,11,17H2,1-3H3/b18-16+. The summed E-state index contributed by atoms with van der Waals surface area (Å²) in [6.07, 6.45) is 5.19. The van der Waals surface area contributed by atoms with Crippen LogP contribution in [0.4, 0.5) is 5.69 Å². The van der Waals surface area contributed by atoms with Crippen LogP contribution >= 0.6 is 0 Å². The largest absolute Gasteiger partial charge is 0.458 e. The Morgan fingerprint density at radius 1 is 1.04 bits per heavy atom. The Hall–Kier alpha value is -2.55. The summed E-state index contributed by atoms with van der Waals surface area (Å²) in [5.41, 5.74) is 4.26. The topological polar surface area (TPSA) is 29.5 Å². The number of esters is 1. The molecule has 0 amide bonds. The number of hydrogen-bond acceptors (Lipinski definition) is 3. The van der Waals surface area contributed by atoms with Gasteiger partial charge in [0.1, 0.15) is 6.61 Å². The zero-order valence-electron chi connectivity index (χ0n) is 15.4. The van der Waals surface area contributed by atoms with E-state index in [4.69, 9.17) is 4.74 Å². The summed E-state index contributed by atoms with van der Waals surface area (Å²) in [6.45, 7) is 2.41. The number of ether oxygens (including phenoxy) is 1. The maximum atomic E-state index is 12.0. The van der Waals surface area contributed by atoms with Crippen molar-refractivity contribution >= 4 is 11.7 Å². The highest BCUT2D eigenvalue weighted by atomic mass is 16.5. The van der Waals surface area contributed by atoms with Gasteiger partial charge in [-0.2, -0.15) is 0 Å². The lowest BCUT2D eigenvalue weighted by atomic mass is 10.1. The molecule has 0 aliphatic rings. The molecule has 3 heteroatoms. The fraction of sp³-hybridized carbons (Fsp3) is 0.318. The van der Waals surface area contributed by atoms with Crippen LogP contribution in [-0.2, 0) is 11.2 Å². The molecule has 2 aromatic rings. The third-order valence-electron chi connectivity index (χ3n) is 4.15. The van der Waals surface area contributed by atoms with E-state index < -0.39 is 0 Å². The quantitative estimate of drug-likeness (QED) is 0.508. The van der Waals surface area contributed by atoms with Gasteiger partial charge in [0.05, 0.1) is 5.56 Å². The van der Waals surface area contributed by atoms with Gasteiger partial charge in [0.2, 0.25) is 0 Å². The van der Waals surface area contributed by atoms with E-state index in [1.54, 1.807) is 12.1 Å². The summed E-state index contributed by atoms with van der Waals surface area (Å²) in [6, 6.07) is 17.9.